The SMILES string of the molecule is COc1ccccc1-c1nc(N)c(I)c(C2CCCC2)n1. The van der Waals surface area contributed by atoms with Crippen molar-refractivity contribution in [3.63, 3.8) is 0 Å². The minimum atomic E-state index is 0.510. The number of methoxy groups -OCH3 is 1. The van der Waals surface area contributed by atoms with Crippen LogP contribution < -0.4 is 10.5 Å². The zero-order valence-electron chi connectivity index (χ0n) is 12.0. The minimum Gasteiger partial charge on any atom is -0.496 e. The van der Waals surface area contributed by atoms with Gasteiger partial charge in [0.15, 0.2) is 5.82 Å². The number of nitrogens with two attached hydrogens (primary N) is 1. The van der Waals surface area contributed by atoms with Gasteiger partial charge in [0.1, 0.15) is 11.6 Å². The summed E-state index contributed by atoms with van der Waals surface area (Å²) in [6.07, 6.45) is 4.93. The molecule has 0 amide bonds. The van der Waals surface area contributed by atoms with Gasteiger partial charge in [0.05, 0.1) is 21.9 Å². The molecule has 110 valence electrons. The molecular formula is C16H18IN3O. The first-order chi connectivity index (χ1) is 10.2. The Morgan fingerprint density at radius 2 is 1.90 bits per heavy atom. The lowest BCUT2D eigenvalue weighted by atomic mass is 10.0. The maximum absolute atomic E-state index is 6.12. The Kier molecular flexibility index (Phi) is 4.28. The molecule has 1 saturated carbocycles. The Morgan fingerprint density at radius 1 is 1.19 bits per heavy atom. The van der Waals surface area contributed by atoms with Gasteiger partial charge in [0.2, 0.25) is 0 Å². The number of nitrogens with zero attached hydrogens (tertiary/aromatic N) is 2. The zero-order chi connectivity index (χ0) is 14.8. The number of benzene rings is 1. The molecule has 0 bridgehead atoms. The second-order valence-electron chi connectivity index (χ2n) is 5.31. The highest BCUT2D eigenvalue weighted by Crippen LogP contribution is 2.38. The van der Waals surface area contributed by atoms with Crippen molar-refractivity contribution in [1.82, 2.24) is 9.97 Å². The lowest BCUT2D eigenvalue weighted by Crippen LogP contribution is -2.08. The molecule has 0 radical (unpaired) electrons. The Balaban J connectivity index is 2.11. The zero-order valence-corrected chi connectivity index (χ0v) is 14.1. The van der Waals surface area contributed by atoms with Crippen molar-refractivity contribution in [3.05, 3.63) is 33.5 Å². The summed E-state index contributed by atoms with van der Waals surface area (Å²) in [6, 6.07) is 7.79. The number of rotatable bonds is 3. The third-order valence-electron chi connectivity index (χ3n) is 3.99. The number of anilines is 1. The molecule has 1 aromatic carbocycles. The second-order valence-corrected chi connectivity index (χ2v) is 6.39. The van der Waals surface area contributed by atoms with Gasteiger partial charge in [-0.05, 0) is 47.6 Å². The molecule has 2 N–H and O–H groups in total. The number of ether oxygens (including phenoxy) is 1. The number of hydrogen-bond donors (Lipinski definition) is 1. The molecule has 2 aromatic rings. The summed E-state index contributed by atoms with van der Waals surface area (Å²) in [5.74, 6) is 2.51. The molecule has 1 heterocycles. The Labute approximate surface area is 138 Å². The minimum absolute atomic E-state index is 0.510. The van der Waals surface area contributed by atoms with Crippen LogP contribution in [0.3, 0.4) is 0 Å². The summed E-state index contributed by atoms with van der Waals surface area (Å²) in [6.45, 7) is 0. The second kappa shape index (κ2) is 6.17. The molecule has 1 fully saturated rings. The first-order valence-electron chi connectivity index (χ1n) is 7.17. The Hall–Kier alpha value is -1.37. The van der Waals surface area contributed by atoms with Crippen LogP contribution in [0.1, 0.15) is 37.3 Å². The maximum atomic E-state index is 6.12. The van der Waals surface area contributed by atoms with E-state index < -0.39 is 0 Å². The number of para-hydroxylation sites is 1. The largest absolute Gasteiger partial charge is 0.496 e. The van der Waals surface area contributed by atoms with Crippen molar-refractivity contribution in [2.45, 2.75) is 31.6 Å². The predicted molar refractivity (Wildman–Crippen MR) is 92.4 cm³/mol. The third kappa shape index (κ3) is 2.84. The van der Waals surface area contributed by atoms with Crippen molar-refractivity contribution >= 4 is 28.4 Å². The van der Waals surface area contributed by atoms with Crippen LogP contribution in [0.15, 0.2) is 24.3 Å². The fourth-order valence-corrected chi connectivity index (χ4v) is 3.58. The molecule has 0 spiro atoms. The lowest BCUT2D eigenvalue weighted by Gasteiger charge is -2.15. The van der Waals surface area contributed by atoms with Crippen LogP contribution in [0.2, 0.25) is 0 Å². The highest BCUT2D eigenvalue weighted by Gasteiger charge is 2.24. The third-order valence-corrected chi connectivity index (χ3v) is 5.10. The van der Waals surface area contributed by atoms with Crippen molar-refractivity contribution in [2.24, 2.45) is 0 Å². The first-order valence-corrected chi connectivity index (χ1v) is 8.25. The summed E-state index contributed by atoms with van der Waals surface area (Å²) in [4.78, 5) is 9.28. The molecule has 0 atom stereocenters. The Morgan fingerprint density at radius 3 is 2.62 bits per heavy atom. The summed E-state index contributed by atoms with van der Waals surface area (Å²) in [7, 11) is 1.66. The van der Waals surface area contributed by atoms with E-state index in [1.165, 1.54) is 25.7 Å². The van der Waals surface area contributed by atoms with Crippen LogP contribution in [0.25, 0.3) is 11.4 Å². The van der Waals surface area contributed by atoms with Crippen molar-refractivity contribution in [3.8, 4) is 17.1 Å². The number of nitrogen functional groups attached to an aromatic ring is 1. The van der Waals surface area contributed by atoms with E-state index in [-0.39, 0.29) is 0 Å². The van der Waals surface area contributed by atoms with Crippen LogP contribution in [0.4, 0.5) is 5.82 Å². The number of hydrogen-bond acceptors (Lipinski definition) is 4. The average molecular weight is 395 g/mol. The summed E-state index contributed by atoms with van der Waals surface area (Å²) in [5.41, 5.74) is 8.11. The van der Waals surface area contributed by atoms with Gasteiger partial charge in [0.25, 0.3) is 0 Å². The maximum Gasteiger partial charge on any atom is 0.165 e. The highest BCUT2D eigenvalue weighted by molar-refractivity contribution is 14.1. The van der Waals surface area contributed by atoms with Gasteiger partial charge in [-0.2, -0.15) is 0 Å². The molecular weight excluding hydrogens is 377 g/mol. The monoisotopic (exact) mass is 395 g/mol. The molecule has 1 aliphatic carbocycles. The van der Waals surface area contributed by atoms with Crippen LogP contribution >= 0.6 is 22.6 Å². The normalized spacial score (nSPS) is 15.3. The fraction of sp³-hybridized carbons (Fsp3) is 0.375. The standard InChI is InChI=1S/C16H18IN3O/c1-21-12-9-5-4-8-11(12)16-19-14(10-6-2-3-7-10)13(17)15(18)20-16/h4-5,8-10H,2-3,6-7H2,1H3,(H2,18,19,20). The summed E-state index contributed by atoms with van der Waals surface area (Å²) in [5, 5.41) is 0. The first kappa shape index (κ1) is 14.6. The number of halogens is 1. The van der Waals surface area contributed by atoms with E-state index >= 15 is 0 Å². The molecule has 5 heteroatoms. The van der Waals surface area contributed by atoms with Crippen LogP contribution in [-0.2, 0) is 0 Å². The summed E-state index contributed by atoms with van der Waals surface area (Å²) < 4.78 is 6.41. The van der Waals surface area contributed by atoms with Gasteiger partial charge >= 0.3 is 0 Å². The number of aromatic nitrogens is 2. The molecule has 21 heavy (non-hydrogen) atoms. The molecule has 1 aliphatic rings. The molecule has 4 nitrogen and oxygen atoms in total. The van der Waals surface area contributed by atoms with E-state index in [4.69, 9.17) is 15.5 Å². The average Bonchev–Trinajstić information content (AvgIpc) is 3.04. The van der Waals surface area contributed by atoms with E-state index in [0.717, 1.165) is 20.6 Å². The molecule has 3 rings (SSSR count). The van der Waals surface area contributed by atoms with Gasteiger partial charge in [-0.3, -0.25) is 0 Å². The topological polar surface area (TPSA) is 61.0 Å². The fourth-order valence-electron chi connectivity index (χ4n) is 2.90. The quantitative estimate of drug-likeness (QED) is 0.799. The molecule has 1 aromatic heterocycles. The van der Waals surface area contributed by atoms with Gasteiger partial charge in [0, 0.05) is 5.92 Å². The van der Waals surface area contributed by atoms with E-state index in [2.05, 4.69) is 27.6 Å². The van der Waals surface area contributed by atoms with E-state index in [1.54, 1.807) is 7.11 Å². The highest BCUT2D eigenvalue weighted by atomic mass is 127. The van der Waals surface area contributed by atoms with Crippen molar-refractivity contribution in [2.75, 3.05) is 12.8 Å². The lowest BCUT2D eigenvalue weighted by molar-refractivity contribution is 0.416. The van der Waals surface area contributed by atoms with E-state index in [1.807, 2.05) is 24.3 Å². The van der Waals surface area contributed by atoms with Crippen LogP contribution in [0, 0.1) is 3.57 Å². The van der Waals surface area contributed by atoms with Gasteiger partial charge in [-0.25, -0.2) is 9.97 Å². The predicted octanol–water partition coefficient (Wildman–Crippen LogP) is 4.00. The van der Waals surface area contributed by atoms with Crippen LogP contribution in [-0.4, -0.2) is 17.1 Å². The molecule has 0 saturated heterocycles. The van der Waals surface area contributed by atoms with Crippen molar-refractivity contribution in [1.29, 1.82) is 0 Å². The summed E-state index contributed by atoms with van der Waals surface area (Å²) >= 11 is 2.27. The Bertz CT molecular complexity index is 654. The van der Waals surface area contributed by atoms with Gasteiger partial charge in [-0.1, -0.05) is 25.0 Å². The van der Waals surface area contributed by atoms with Gasteiger partial charge < -0.3 is 10.5 Å². The van der Waals surface area contributed by atoms with Crippen LogP contribution in [0.5, 0.6) is 5.75 Å². The van der Waals surface area contributed by atoms with Crippen molar-refractivity contribution < 1.29 is 4.74 Å². The molecule has 0 aliphatic heterocycles. The van der Waals surface area contributed by atoms with E-state index in [0.29, 0.717) is 17.6 Å². The van der Waals surface area contributed by atoms with Gasteiger partial charge in [-0.15, -0.1) is 0 Å². The van der Waals surface area contributed by atoms with E-state index in [9.17, 15) is 0 Å². The smallest absolute Gasteiger partial charge is 0.165 e. The molecule has 0 unspecified atom stereocenters.